The van der Waals surface area contributed by atoms with E-state index in [1.54, 1.807) is 13.0 Å². The number of anilines is 2. The number of nitro benzene ring substituents is 1. The van der Waals surface area contributed by atoms with Crippen molar-refractivity contribution in [1.82, 2.24) is 0 Å². The maximum Gasteiger partial charge on any atom is 0.295 e. The minimum absolute atomic E-state index is 0.165. The first-order chi connectivity index (χ1) is 12.8. The van der Waals surface area contributed by atoms with Crippen LogP contribution in [0.25, 0.3) is 0 Å². The van der Waals surface area contributed by atoms with Crippen LogP contribution in [0.3, 0.4) is 0 Å². The Hall–Kier alpha value is -2.74. The van der Waals surface area contributed by atoms with Crippen LogP contribution in [0.5, 0.6) is 0 Å². The molecule has 0 amide bonds. The summed E-state index contributed by atoms with van der Waals surface area (Å²) in [5, 5.41) is 23.9. The highest BCUT2D eigenvalue weighted by molar-refractivity contribution is 5.64. The van der Waals surface area contributed by atoms with Gasteiger partial charge >= 0.3 is 0 Å². The number of nitrogens with zero attached hydrogens (tertiary/aromatic N) is 2. The Balaban J connectivity index is 1.90. The molecule has 0 saturated carbocycles. The van der Waals surface area contributed by atoms with Gasteiger partial charge in [0.2, 0.25) is 0 Å². The second-order valence-corrected chi connectivity index (χ2v) is 6.71. The number of hydrogen-bond donors (Lipinski definition) is 2. The van der Waals surface area contributed by atoms with Crippen LogP contribution in [0.4, 0.5) is 25.8 Å². The third-order valence-corrected chi connectivity index (χ3v) is 4.79. The van der Waals surface area contributed by atoms with E-state index in [-0.39, 0.29) is 17.5 Å². The molecule has 0 spiro atoms. The summed E-state index contributed by atoms with van der Waals surface area (Å²) in [5.74, 6) is -1.11. The Morgan fingerprint density at radius 3 is 2.48 bits per heavy atom. The normalized spacial score (nSPS) is 16.2. The van der Waals surface area contributed by atoms with Gasteiger partial charge in [-0.05, 0) is 50.1 Å². The fourth-order valence-corrected chi connectivity index (χ4v) is 3.36. The topological polar surface area (TPSA) is 78.6 Å². The number of rotatable bonds is 5. The SMILES string of the molecule is CC(Nc1ccc(F)cc1[N+](=O)[O-])c1cc(F)ccc1N1CCC(O)CC1. The van der Waals surface area contributed by atoms with E-state index in [4.69, 9.17) is 0 Å². The number of piperidine rings is 1. The van der Waals surface area contributed by atoms with Crippen LogP contribution in [0.2, 0.25) is 0 Å². The molecule has 1 aliphatic heterocycles. The zero-order valence-corrected chi connectivity index (χ0v) is 14.9. The fraction of sp³-hybridized carbons (Fsp3) is 0.368. The molecular weight excluding hydrogens is 356 g/mol. The summed E-state index contributed by atoms with van der Waals surface area (Å²) in [4.78, 5) is 12.6. The lowest BCUT2D eigenvalue weighted by Gasteiger charge is -2.34. The van der Waals surface area contributed by atoms with Gasteiger partial charge in [0.25, 0.3) is 5.69 Å². The molecule has 1 saturated heterocycles. The average Bonchev–Trinajstić information content (AvgIpc) is 2.63. The van der Waals surface area contributed by atoms with E-state index in [1.807, 2.05) is 0 Å². The van der Waals surface area contributed by atoms with Crippen LogP contribution in [0.1, 0.15) is 31.4 Å². The van der Waals surface area contributed by atoms with Crippen LogP contribution >= 0.6 is 0 Å². The summed E-state index contributed by atoms with van der Waals surface area (Å²) < 4.78 is 27.2. The van der Waals surface area contributed by atoms with Crippen molar-refractivity contribution in [3.63, 3.8) is 0 Å². The number of aliphatic hydroxyl groups excluding tert-OH is 1. The molecule has 2 aromatic carbocycles. The number of nitrogens with one attached hydrogen (secondary N) is 1. The molecule has 0 radical (unpaired) electrons. The lowest BCUT2D eigenvalue weighted by atomic mass is 10.0. The smallest absolute Gasteiger partial charge is 0.295 e. The Bertz CT molecular complexity index is 839. The molecular formula is C19H21F2N3O3. The number of benzene rings is 2. The minimum atomic E-state index is -0.696. The molecule has 6 nitrogen and oxygen atoms in total. The molecule has 0 aliphatic carbocycles. The van der Waals surface area contributed by atoms with Crippen molar-refractivity contribution in [1.29, 1.82) is 0 Å². The lowest BCUT2D eigenvalue weighted by molar-refractivity contribution is -0.384. The molecule has 27 heavy (non-hydrogen) atoms. The third kappa shape index (κ3) is 4.33. The summed E-state index contributed by atoms with van der Waals surface area (Å²) in [6.07, 6.45) is 0.923. The van der Waals surface area contributed by atoms with Gasteiger partial charge in [0.05, 0.1) is 23.1 Å². The minimum Gasteiger partial charge on any atom is -0.393 e. The summed E-state index contributed by atoms with van der Waals surface area (Å²) in [7, 11) is 0. The van der Waals surface area contributed by atoms with Gasteiger partial charge < -0.3 is 15.3 Å². The van der Waals surface area contributed by atoms with E-state index in [1.165, 1.54) is 18.2 Å². The van der Waals surface area contributed by atoms with E-state index < -0.39 is 22.6 Å². The molecule has 3 rings (SSSR count). The Kier molecular flexibility index (Phi) is 5.55. The van der Waals surface area contributed by atoms with E-state index in [0.717, 1.165) is 17.8 Å². The van der Waals surface area contributed by atoms with E-state index in [9.17, 15) is 24.0 Å². The van der Waals surface area contributed by atoms with Gasteiger partial charge in [0, 0.05) is 24.3 Å². The van der Waals surface area contributed by atoms with Crippen molar-refractivity contribution in [2.75, 3.05) is 23.3 Å². The van der Waals surface area contributed by atoms with Crippen LogP contribution in [0.15, 0.2) is 36.4 Å². The fourth-order valence-electron chi connectivity index (χ4n) is 3.36. The largest absolute Gasteiger partial charge is 0.393 e. The summed E-state index contributed by atoms with van der Waals surface area (Å²) in [6.45, 7) is 3.05. The molecule has 1 heterocycles. The maximum atomic E-state index is 13.9. The maximum absolute atomic E-state index is 13.9. The van der Waals surface area contributed by atoms with Gasteiger partial charge in [-0.3, -0.25) is 10.1 Å². The van der Waals surface area contributed by atoms with Crippen LogP contribution < -0.4 is 10.2 Å². The highest BCUT2D eigenvalue weighted by Crippen LogP contribution is 2.34. The van der Waals surface area contributed by atoms with E-state index >= 15 is 0 Å². The Morgan fingerprint density at radius 2 is 1.81 bits per heavy atom. The second kappa shape index (κ2) is 7.87. The van der Waals surface area contributed by atoms with Crippen LogP contribution in [-0.2, 0) is 0 Å². The van der Waals surface area contributed by atoms with Crippen molar-refractivity contribution in [2.24, 2.45) is 0 Å². The van der Waals surface area contributed by atoms with Gasteiger partial charge in [-0.15, -0.1) is 0 Å². The molecule has 2 N–H and O–H groups in total. The monoisotopic (exact) mass is 377 g/mol. The molecule has 0 bridgehead atoms. The zero-order chi connectivity index (χ0) is 19.6. The van der Waals surface area contributed by atoms with Gasteiger partial charge in [0.1, 0.15) is 17.3 Å². The number of aliphatic hydroxyl groups is 1. The predicted octanol–water partition coefficient (Wildman–Crippen LogP) is 4.01. The number of halogens is 2. The molecule has 0 aromatic heterocycles. The highest BCUT2D eigenvalue weighted by Gasteiger charge is 2.23. The molecule has 2 aromatic rings. The molecule has 1 aliphatic rings. The van der Waals surface area contributed by atoms with Gasteiger partial charge in [-0.2, -0.15) is 0 Å². The standard InChI is InChI=1S/C19H21F2N3O3/c1-12(22-17-4-2-14(21)11-19(17)24(26)27)16-10-13(20)3-5-18(16)23-8-6-15(25)7-9-23/h2-5,10-12,15,22,25H,6-9H2,1H3. The highest BCUT2D eigenvalue weighted by atomic mass is 19.1. The Labute approximate surface area is 155 Å². The van der Waals surface area contributed by atoms with Crippen molar-refractivity contribution in [3.8, 4) is 0 Å². The third-order valence-electron chi connectivity index (χ3n) is 4.79. The zero-order valence-electron chi connectivity index (χ0n) is 14.9. The van der Waals surface area contributed by atoms with E-state index in [0.29, 0.717) is 31.5 Å². The predicted molar refractivity (Wildman–Crippen MR) is 98.9 cm³/mol. The van der Waals surface area contributed by atoms with Gasteiger partial charge in [-0.1, -0.05) is 0 Å². The average molecular weight is 377 g/mol. The summed E-state index contributed by atoms with van der Waals surface area (Å²) >= 11 is 0. The lowest BCUT2D eigenvalue weighted by Crippen LogP contribution is -2.36. The quantitative estimate of drug-likeness (QED) is 0.608. The van der Waals surface area contributed by atoms with Gasteiger partial charge in [-0.25, -0.2) is 8.78 Å². The van der Waals surface area contributed by atoms with E-state index in [2.05, 4.69) is 10.2 Å². The van der Waals surface area contributed by atoms with Crippen molar-refractivity contribution < 1.29 is 18.8 Å². The van der Waals surface area contributed by atoms with Crippen molar-refractivity contribution in [2.45, 2.75) is 31.9 Å². The second-order valence-electron chi connectivity index (χ2n) is 6.71. The first-order valence-corrected chi connectivity index (χ1v) is 8.78. The number of nitro groups is 1. The number of hydrogen-bond acceptors (Lipinski definition) is 5. The molecule has 1 atom stereocenters. The first-order valence-electron chi connectivity index (χ1n) is 8.78. The summed E-state index contributed by atoms with van der Waals surface area (Å²) in [6, 6.07) is 7.30. The molecule has 1 unspecified atom stereocenters. The molecule has 8 heteroatoms. The van der Waals surface area contributed by atoms with Crippen molar-refractivity contribution in [3.05, 3.63) is 63.7 Å². The van der Waals surface area contributed by atoms with Crippen LogP contribution in [0, 0.1) is 21.7 Å². The van der Waals surface area contributed by atoms with Crippen molar-refractivity contribution >= 4 is 17.1 Å². The van der Waals surface area contributed by atoms with Crippen LogP contribution in [-0.4, -0.2) is 29.2 Å². The van der Waals surface area contributed by atoms with Gasteiger partial charge in [0.15, 0.2) is 0 Å². The Morgan fingerprint density at radius 1 is 1.19 bits per heavy atom. The molecule has 1 fully saturated rings. The molecule has 144 valence electrons. The first kappa shape index (κ1) is 19.0. The summed E-state index contributed by atoms with van der Waals surface area (Å²) in [5.41, 5.74) is 1.25.